The summed E-state index contributed by atoms with van der Waals surface area (Å²) in [5.41, 5.74) is 0. The molecule has 0 spiro atoms. The first kappa shape index (κ1) is 9.32. The van der Waals surface area contributed by atoms with Gasteiger partial charge in [-0.15, -0.1) is 0 Å². The minimum atomic E-state index is 0.126. The summed E-state index contributed by atoms with van der Waals surface area (Å²) in [7, 11) is 0. The van der Waals surface area contributed by atoms with Gasteiger partial charge in [-0.2, -0.15) is 0 Å². The maximum absolute atomic E-state index is 8.91. The molecule has 0 saturated carbocycles. The molecule has 0 aliphatic carbocycles. The second-order valence-electron chi connectivity index (χ2n) is 3.17. The first-order chi connectivity index (χ1) is 5.76. The highest BCUT2D eigenvalue weighted by atomic mass is 16.3. The number of hydrogen-bond acceptors (Lipinski definition) is 4. The van der Waals surface area contributed by atoms with Crippen molar-refractivity contribution in [3.05, 3.63) is 0 Å². The Morgan fingerprint density at radius 3 is 3.00 bits per heavy atom. The Labute approximate surface area is 73.1 Å². The van der Waals surface area contributed by atoms with E-state index in [-0.39, 0.29) is 12.6 Å². The lowest BCUT2D eigenvalue weighted by Crippen LogP contribution is -2.44. The number of aliphatic hydroxyl groups excluding tert-OH is 1. The maximum atomic E-state index is 8.91. The maximum Gasteiger partial charge on any atom is 0.191 e. The van der Waals surface area contributed by atoms with Crippen LogP contribution >= 0.6 is 0 Å². The van der Waals surface area contributed by atoms with Gasteiger partial charge in [0.1, 0.15) is 0 Å². The highest BCUT2D eigenvalue weighted by Gasteiger charge is 2.14. The van der Waals surface area contributed by atoms with Crippen LogP contribution in [0.1, 0.15) is 20.3 Å². The average molecular weight is 171 g/mol. The van der Waals surface area contributed by atoms with Crippen molar-refractivity contribution < 1.29 is 5.11 Å². The summed E-state index contributed by atoms with van der Waals surface area (Å²) >= 11 is 0. The third-order valence-electron chi connectivity index (χ3n) is 1.96. The number of aliphatic hydroxyl groups is 1. The molecule has 1 rings (SSSR count). The smallest absolute Gasteiger partial charge is 0.191 e. The number of hydrogen-bond donors (Lipinski definition) is 3. The van der Waals surface area contributed by atoms with Crippen LogP contribution in [0.15, 0.2) is 4.99 Å². The highest BCUT2D eigenvalue weighted by molar-refractivity contribution is 5.81. The predicted octanol–water partition coefficient (Wildman–Crippen LogP) is -0.305. The van der Waals surface area contributed by atoms with E-state index in [0.29, 0.717) is 6.04 Å². The number of aliphatic imine (C=N–C) groups is 1. The van der Waals surface area contributed by atoms with Crippen LogP contribution < -0.4 is 10.6 Å². The van der Waals surface area contributed by atoms with Gasteiger partial charge in [0, 0.05) is 6.04 Å². The summed E-state index contributed by atoms with van der Waals surface area (Å²) in [4.78, 5) is 4.24. The molecule has 4 heteroatoms. The molecule has 1 aliphatic heterocycles. The Morgan fingerprint density at radius 2 is 2.58 bits per heavy atom. The van der Waals surface area contributed by atoms with Crippen LogP contribution in [-0.2, 0) is 0 Å². The van der Waals surface area contributed by atoms with Crippen molar-refractivity contribution in [2.24, 2.45) is 4.99 Å². The summed E-state index contributed by atoms with van der Waals surface area (Å²) in [6.45, 7) is 5.10. The number of nitrogens with zero attached hydrogens (tertiary/aromatic N) is 1. The lowest BCUT2D eigenvalue weighted by Gasteiger charge is -2.15. The van der Waals surface area contributed by atoms with Crippen LogP contribution in [0.5, 0.6) is 0 Å². The number of guanidine groups is 1. The lowest BCUT2D eigenvalue weighted by atomic mass is 10.2. The van der Waals surface area contributed by atoms with Gasteiger partial charge in [0.2, 0.25) is 0 Å². The van der Waals surface area contributed by atoms with Gasteiger partial charge in [-0.1, -0.05) is 6.92 Å². The fourth-order valence-corrected chi connectivity index (χ4v) is 1.11. The summed E-state index contributed by atoms with van der Waals surface area (Å²) < 4.78 is 0. The van der Waals surface area contributed by atoms with E-state index in [1.807, 2.05) is 6.92 Å². The standard InChI is InChI=1S/C8H17N3O/c1-3-7(5-12)11-8-9-4-6(2)10-8/h6-7,12H,3-5H2,1-2H3,(H2,9,10,11)/t6?,7-/m1/s1. The molecule has 0 aromatic carbocycles. The van der Waals surface area contributed by atoms with E-state index in [0.717, 1.165) is 18.9 Å². The third kappa shape index (κ3) is 2.37. The van der Waals surface area contributed by atoms with Crippen molar-refractivity contribution in [3.63, 3.8) is 0 Å². The Morgan fingerprint density at radius 1 is 1.83 bits per heavy atom. The van der Waals surface area contributed by atoms with E-state index >= 15 is 0 Å². The zero-order chi connectivity index (χ0) is 8.97. The zero-order valence-electron chi connectivity index (χ0n) is 7.67. The fraction of sp³-hybridized carbons (Fsp3) is 0.875. The van der Waals surface area contributed by atoms with Crippen molar-refractivity contribution in [2.45, 2.75) is 32.4 Å². The molecule has 0 fully saturated rings. The van der Waals surface area contributed by atoms with Gasteiger partial charge < -0.3 is 15.7 Å². The van der Waals surface area contributed by atoms with Crippen LogP contribution in [0.4, 0.5) is 0 Å². The second-order valence-corrected chi connectivity index (χ2v) is 3.17. The predicted molar refractivity (Wildman–Crippen MR) is 49.2 cm³/mol. The lowest BCUT2D eigenvalue weighted by molar-refractivity contribution is 0.252. The van der Waals surface area contributed by atoms with Crippen molar-refractivity contribution >= 4 is 5.96 Å². The van der Waals surface area contributed by atoms with Crippen molar-refractivity contribution in [1.29, 1.82) is 0 Å². The van der Waals surface area contributed by atoms with E-state index < -0.39 is 0 Å². The molecule has 0 radical (unpaired) electrons. The topological polar surface area (TPSA) is 56.6 Å². The summed E-state index contributed by atoms with van der Waals surface area (Å²) in [5.74, 6) is 0.823. The van der Waals surface area contributed by atoms with E-state index in [4.69, 9.17) is 5.11 Å². The molecule has 70 valence electrons. The molecule has 4 nitrogen and oxygen atoms in total. The molecular formula is C8H17N3O. The van der Waals surface area contributed by atoms with Gasteiger partial charge in [-0.05, 0) is 13.3 Å². The molecule has 0 aromatic heterocycles. The average Bonchev–Trinajstić information content (AvgIpc) is 2.47. The minimum absolute atomic E-state index is 0.126. The van der Waals surface area contributed by atoms with Crippen molar-refractivity contribution in [2.75, 3.05) is 13.2 Å². The third-order valence-corrected chi connectivity index (χ3v) is 1.96. The molecule has 1 unspecified atom stereocenters. The minimum Gasteiger partial charge on any atom is -0.394 e. The van der Waals surface area contributed by atoms with Crippen LogP contribution in [-0.4, -0.2) is 36.3 Å². The van der Waals surface area contributed by atoms with Crippen molar-refractivity contribution in [1.82, 2.24) is 10.6 Å². The molecule has 0 saturated heterocycles. The van der Waals surface area contributed by atoms with Gasteiger partial charge in [-0.25, -0.2) is 0 Å². The van der Waals surface area contributed by atoms with E-state index in [9.17, 15) is 0 Å². The number of rotatable bonds is 3. The first-order valence-electron chi connectivity index (χ1n) is 4.44. The Kier molecular flexibility index (Phi) is 3.34. The Hall–Kier alpha value is -0.770. The zero-order valence-corrected chi connectivity index (χ0v) is 7.67. The molecule has 12 heavy (non-hydrogen) atoms. The largest absolute Gasteiger partial charge is 0.394 e. The van der Waals surface area contributed by atoms with Crippen LogP contribution in [0, 0.1) is 0 Å². The summed E-state index contributed by atoms with van der Waals surface area (Å²) in [6, 6.07) is 0.547. The summed E-state index contributed by atoms with van der Waals surface area (Å²) in [5, 5.41) is 15.2. The van der Waals surface area contributed by atoms with E-state index in [1.165, 1.54) is 0 Å². The van der Waals surface area contributed by atoms with Crippen LogP contribution in [0.25, 0.3) is 0 Å². The highest BCUT2D eigenvalue weighted by Crippen LogP contribution is 1.95. The molecule has 2 atom stereocenters. The van der Waals surface area contributed by atoms with Gasteiger partial charge in [0.15, 0.2) is 5.96 Å². The Bertz CT molecular complexity index is 166. The van der Waals surface area contributed by atoms with Crippen LogP contribution in [0.2, 0.25) is 0 Å². The monoisotopic (exact) mass is 171 g/mol. The Balaban J connectivity index is 2.30. The van der Waals surface area contributed by atoms with Gasteiger partial charge >= 0.3 is 0 Å². The second kappa shape index (κ2) is 4.30. The molecule has 0 amide bonds. The van der Waals surface area contributed by atoms with Gasteiger partial charge in [0.25, 0.3) is 0 Å². The summed E-state index contributed by atoms with van der Waals surface area (Å²) in [6.07, 6.45) is 0.908. The van der Waals surface area contributed by atoms with Crippen molar-refractivity contribution in [3.8, 4) is 0 Å². The van der Waals surface area contributed by atoms with E-state index in [2.05, 4.69) is 22.5 Å². The molecule has 0 aromatic rings. The first-order valence-corrected chi connectivity index (χ1v) is 4.44. The van der Waals surface area contributed by atoms with Crippen LogP contribution in [0.3, 0.4) is 0 Å². The SMILES string of the molecule is CC[C@H](CO)NC1=NCC(C)N1. The number of nitrogens with one attached hydrogen (secondary N) is 2. The molecule has 0 bridgehead atoms. The van der Waals surface area contributed by atoms with Gasteiger partial charge in [-0.3, -0.25) is 4.99 Å². The van der Waals surface area contributed by atoms with Gasteiger partial charge in [0.05, 0.1) is 19.2 Å². The fourth-order valence-electron chi connectivity index (χ4n) is 1.11. The normalized spacial score (nSPS) is 24.6. The quantitative estimate of drug-likeness (QED) is 0.546. The molecule has 1 aliphatic rings. The molecule has 1 heterocycles. The molecular weight excluding hydrogens is 154 g/mol. The molecule has 3 N–H and O–H groups in total. The van der Waals surface area contributed by atoms with E-state index in [1.54, 1.807) is 0 Å².